The van der Waals surface area contributed by atoms with Crippen LogP contribution in [0.3, 0.4) is 0 Å². The molecule has 0 saturated carbocycles. The van der Waals surface area contributed by atoms with Gasteiger partial charge in [-0.2, -0.15) is 0 Å². The molecule has 17 heavy (non-hydrogen) atoms. The van der Waals surface area contributed by atoms with Gasteiger partial charge < -0.3 is 14.9 Å². The van der Waals surface area contributed by atoms with Crippen LogP contribution in [0.25, 0.3) is 0 Å². The Labute approximate surface area is 107 Å². The average Bonchev–Trinajstić information content (AvgIpc) is 2.25. The largest absolute Gasteiger partial charge is 0.395 e. The van der Waals surface area contributed by atoms with Gasteiger partial charge in [-0.3, -0.25) is 4.90 Å². The summed E-state index contributed by atoms with van der Waals surface area (Å²) in [6.45, 7) is 6.74. The zero-order chi connectivity index (χ0) is 13.3. The molecule has 0 spiro atoms. The van der Waals surface area contributed by atoms with Crippen molar-refractivity contribution in [2.75, 3.05) is 61.0 Å². The molecule has 0 heterocycles. The lowest BCUT2D eigenvalue weighted by Crippen LogP contribution is -2.39. The molecule has 0 bridgehead atoms. The number of aliphatic hydroxyl groups excluding tert-OH is 1. The predicted octanol–water partition coefficient (Wildman–Crippen LogP) is 0.573. The lowest BCUT2D eigenvalue weighted by molar-refractivity contribution is 0.126. The van der Waals surface area contributed by atoms with Crippen LogP contribution in [-0.2, 0) is 0 Å². The zero-order valence-corrected chi connectivity index (χ0v) is 12.3. The molecule has 0 fully saturated rings. The van der Waals surface area contributed by atoms with Crippen molar-refractivity contribution in [2.24, 2.45) is 0 Å². The molecule has 4 heteroatoms. The van der Waals surface area contributed by atoms with Gasteiger partial charge in [0.05, 0.1) is 6.61 Å². The predicted molar refractivity (Wildman–Crippen MR) is 74.5 cm³/mol. The molecular weight excluding hydrogens is 214 g/mol. The first-order valence-electron chi connectivity index (χ1n) is 6.61. The van der Waals surface area contributed by atoms with Gasteiger partial charge in [0.25, 0.3) is 0 Å². The summed E-state index contributed by atoms with van der Waals surface area (Å²) < 4.78 is 0. The molecule has 0 aliphatic heterocycles. The summed E-state index contributed by atoms with van der Waals surface area (Å²) in [4.78, 5) is 6.82. The number of hydrogen-bond donors (Lipinski definition) is 1. The molecule has 0 rings (SSSR count). The Morgan fingerprint density at radius 2 is 1.24 bits per heavy atom. The third-order valence-electron chi connectivity index (χ3n) is 2.99. The Balaban J connectivity index is 3.88. The maximum absolute atomic E-state index is 9.26. The standard InChI is InChI=1S/C13H31N3O/c1-13(12-17)16(10-6-8-14(2)3)11-7-9-15(4)5/h13,17H,6-12H2,1-5H3. The molecule has 1 N–H and O–H groups in total. The first kappa shape index (κ1) is 16.8. The summed E-state index contributed by atoms with van der Waals surface area (Å²) in [5, 5.41) is 9.26. The van der Waals surface area contributed by atoms with Crippen LogP contribution in [0.5, 0.6) is 0 Å². The quantitative estimate of drug-likeness (QED) is 0.609. The van der Waals surface area contributed by atoms with Gasteiger partial charge in [0.15, 0.2) is 0 Å². The summed E-state index contributed by atoms with van der Waals surface area (Å²) in [7, 11) is 8.41. The van der Waals surface area contributed by atoms with E-state index in [1.165, 1.54) is 12.8 Å². The molecular formula is C13H31N3O. The fourth-order valence-electron chi connectivity index (χ4n) is 1.85. The van der Waals surface area contributed by atoms with E-state index < -0.39 is 0 Å². The van der Waals surface area contributed by atoms with Gasteiger partial charge in [-0.1, -0.05) is 0 Å². The first-order valence-corrected chi connectivity index (χ1v) is 6.61. The molecule has 4 nitrogen and oxygen atoms in total. The highest BCUT2D eigenvalue weighted by molar-refractivity contribution is 4.67. The number of nitrogens with zero attached hydrogens (tertiary/aromatic N) is 3. The number of hydrogen-bond acceptors (Lipinski definition) is 4. The Hall–Kier alpha value is -0.160. The lowest BCUT2D eigenvalue weighted by atomic mass is 10.2. The highest BCUT2D eigenvalue weighted by atomic mass is 16.3. The van der Waals surface area contributed by atoms with E-state index in [4.69, 9.17) is 0 Å². The molecule has 104 valence electrons. The Bertz CT molecular complexity index is 160. The van der Waals surface area contributed by atoms with Crippen LogP contribution in [0, 0.1) is 0 Å². The molecule has 1 atom stereocenters. The van der Waals surface area contributed by atoms with Crippen LogP contribution in [-0.4, -0.2) is 86.8 Å². The minimum Gasteiger partial charge on any atom is -0.395 e. The smallest absolute Gasteiger partial charge is 0.0584 e. The SMILES string of the molecule is CC(CO)N(CCCN(C)C)CCCN(C)C. The van der Waals surface area contributed by atoms with Gasteiger partial charge in [0.1, 0.15) is 0 Å². The fourth-order valence-corrected chi connectivity index (χ4v) is 1.85. The van der Waals surface area contributed by atoms with Gasteiger partial charge in [-0.15, -0.1) is 0 Å². The van der Waals surface area contributed by atoms with Crippen LogP contribution in [0.1, 0.15) is 19.8 Å². The van der Waals surface area contributed by atoms with Crippen molar-refractivity contribution in [2.45, 2.75) is 25.8 Å². The van der Waals surface area contributed by atoms with Crippen LogP contribution < -0.4 is 0 Å². The second kappa shape index (κ2) is 9.83. The summed E-state index contributed by atoms with van der Waals surface area (Å²) in [5.41, 5.74) is 0. The highest BCUT2D eigenvalue weighted by Crippen LogP contribution is 2.02. The average molecular weight is 245 g/mol. The highest BCUT2D eigenvalue weighted by Gasteiger charge is 2.12. The lowest BCUT2D eigenvalue weighted by Gasteiger charge is -2.28. The summed E-state index contributed by atoms with van der Waals surface area (Å²) >= 11 is 0. The van der Waals surface area contributed by atoms with Gasteiger partial charge in [0.2, 0.25) is 0 Å². The zero-order valence-electron chi connectivity index (χ0n) is 12.3. The van der Waals surface area contributed by atoms with Crippen molar-refractivity contribution in [1.29, 1.82) is 0 Å². The van der Waals surface area contributed by atoms with Gasteiger partial charge >= 0.3 is 0 Å². The van der Waals surface area contributed by atoms with Gasteiger partial charge in [-0.25, -0.2) is 0 Å². The maximum atomic E-state index is 9.26. The van der Waals surface area contributed by atoms with Gasteiger partial charge in [0, 0.05) is 6.04 Å². The molecule has 0 radical (unpaired) electrons. The van der Waals surface area contributed by atoms with Crippen molar-refractivity contribution in [3.63, 3.8) is 0 Å². The minimum atomic E-state index is 0.254. The summed E-state index contributed by atoms with van der Waals surface area (Å²) in [6, 6.07) is 0.277. The third kappa shape index (κ3) is 9.53. The second-order valence-electron chi connectivity index (χ2n) is 5.38. The van der Waals surface area contributed by atoms with Crippen molar-refractivity contribution in [3.05, 3.63) is 0 Å². The molecule has 0 aliphatic carbocycles. The van der Waals surface area contributed by atoms with E-state index in [9.17, 15) is 5.11 Å². The van der Waals surface area contributed by atoms with Crippen LogP contribution >= 0.6 is 0 Å². The van der Waals surface area contributed by atoms with Crippen molar-refractivity contribution >= 4 is 0 Å². The molecule has 0 aromatic carbocycles. The Morgan fingerprint density at radius 1 is 0.824 bits per heavy atom. The Morgan fingerprint density at radius 3 is 1.53 bits per heavy atom. The van der Waals surface area contributed by atoms with Crippen molar-refractivity contribution in [3.8, 4) is 0 Å². The van der Waals surface area contributed by atoms with E-state index in [1.54, 1.807) is 0 Å². The summed E-state index contributed by atoms with van der Waals surface area (Å²) in [6.07, 6.45) is 2.33. The second-order valence-corrected chi connectivity index (χ2v) is 5.38. The van der Waals surface area contributed by atoms with E-state index in [2.05, 4.69) is 49.8 Å². The molecule has 0 saturated heterocycles. The third-order valence-corrected chi connectivity index (χ3v) is 2.99. The minimum absolute atomic E-state index is 0.254. The van der Waals surface area contributed by atoms with Crippen LogP contribution in [0.15, 0.2) is 0 Å². The van der Waals surface area contributed by atoms with E-state index in [0.29, 0.717) is 0 Å². The first-order chi connectivity index (χ1) is 7.97. The topological polar surface area (TPSA) is 30.0 Å². The van der Waals surface area contributed by atoms with Crippen molar-refractivity contribution < 1.29 is 5.11 Å². The Kier molecular flexibility index (Phi) is 9.74. The molecule has 1 unspecified atom stereocenters. The van der Waals surface area contributed by atoms with E-state index in [0.717, 1.165) is 26.2 Å². The molecule has 0 amide bonds. The van der Waals surface area contributed by atoms with E-state index >= 15 is 0 Å². The van der Waals surface area contributed by atoms with E-state index in [-0.39, 0.29) is 12.6 Å². The van der Waals surface area contributed by atoms with Crippen LogP contribution in [0.2, 0.25) is 0 Å². The summed E-state index contributed by atoms with van der Waals surface area (Å²) in [5.74, 6) is 0. The number of rotatable bonds is 10. The van der Waals surface area contributed by atoms with Gasteiger partial charge in [-0.05, 0) is 74.1 Å². The molecule has 0 aliphatic rings. The molecule has 0 aromatic heterocycles. The fraction of sp³-hybridized carbons (Fsp3) is 1.00. The normalized spacial score (nSPS) is 13.9. The van der Waals surface area contributed by atoms with Crippen molar-refractivity contribution in [1.82, 2.24) is 14.7 Å². The van der Waals surface area contributed by atoms with Crippen LogP contribution in [0.4, 0.5) is 0 Å². The maximum Gasteiger partial charge on any atom is 0.0584 e. The monoisotopic (exact) mass is 245 g/mol. The molecule has 0 aromatic rings. The number of aliphatic hydroxyl groups is 1. The van der Waals surface area contributed by atoms with E-state index in [1.807, 2.05) is 0 Å².